The summed E-state index contributed by atoms with van der Waals surface area (Å²) in [5.41, 5.74) is 3.05. The summed E-state index contributed by atoms with van der Waals surface area (Å²) < 4.78 is 5.83. The Hall–Kier alpha value is -1.96. The Labute approximate surface area is 113 Å². The lowest BCUT2D eigenvalue weighted by molar-refractivity contribution is 0.560. The molecule has 2 heteroatoms. The van der Waals surface area contributed by atoms with Gasteiger partial charge in [-0.3, -0.25) is 0 Å². The van der Waals surface area contributed by atoms with Crippen molar-refractivity contribution in [1.29, 1.82) is 0 Å². The van der Waals surface area contributed by atoms with Crippen LogP contribution in [0.5, 0.6) is 0 Å². The predicted molar refractivity (Wildman–Crippen MR) is 81.6 cm³/mol. The quantitative estimate of drug-likeness (QED) is 0.707. The van der Waals surface area contributed by atoms with Gasteiger partial charge in [-0.15, -0.1) is 0 Å². The predicted octanol–water partition coefficient (Wildman–Crippen LogP) is 5.04. The van der Waals surface area contributed by atoms with Crippen molar-refractivity contribution < 1.29 is 4.42 Å². The summed E-state index contributed by atoms with van der Waals surface area (Å²) >= 11 is 0. The highest BCUT2D eigenvalue weighted by atomic mass is 16.3. The number of para-hydroxylation sites is 1. The molecular formula is C17H19NO. The van der Waals surface area contributed by atoms with Crippen LogP contribution in [0.15, 0.2) is 46.9 Å². The van der Waals surface area contributed by atoms with Crippen molar-refractivity contribution in [3.63, 3.8) is 0 Å². The van der Waals surface area contributed by atoms with Crippen LogP contribution in [-0.4, -0.2) is 6.04 Å². The molecule has 0 radical (unpaired) electrons. The van der Waals surface area contributed by atoms with Crippen LogP contribution in [0, 0.1) is 5.92 Å². The van der Waals surface area contributed by atoms with Crippen LogP contribution in [0.4, 0.5) is 5.69 Å². The van der Waals surface area contributed by atoms with Crippen LogP contribution >= 0.6 is 0 Å². The molecule has 1 unspecified atom stereocenters. The Morgan fingerprint density at radius 3 is 2.42 bits per heavy atom. The normalized spacial score (nSPS) is 13.3. The fourth-order valence-electron chi connectivity index (χ4n) is 2.25. The van der Waals surface area contributed by atoms with Crippen LogP contribution in [0.25, 0.3) is 21.9 Å². The molecule has 1 heterocycles. The van der Waals surface area contributed by atoms with Crippen molar-refractivity contribution in [2.75, 3.05) is 5.32 Å². The number of furan rings is 1. The largest absolute Gasteiger partial charge is 0.456 e. The molecule has 2 nitrogen and oxygen atoms in total. The van der Waals surface area contributed by atoms with Crippen molar-refractivity contribution in [3.8, 4) is 0 Å². The minimum atomic E-state index is 0.454. The van der Waals surface area contributed by atoms with Crippen molar-refractivity contribution in [1.82, 2.24) is 0 Å². The number of anilines is 1. The number of hydrogen-bond acceptors (Lipinski definition) is 2. The Kier molecular flexibility index (Phi) is 2.94. The number of nitrogens with one attached hydrogen (secondary N) is 1. The van der Waals surface area contributed by atoms with Crippen LogP contribution in [-0.2, 0) is 0 Å². The monoisotopic (exact) mass is 253 g/mol. The minimum Gasteiger partial charge on any atom is -0.456 e. The van der Waals surface area contributed by atoms with Gasteiger partial charge in [0.05, 0.1) is 0 Å². The molecule has 2 aromatic carbocycles. The lowest BCUT2D eigenvalue weighted by Crippen LogP contribution is -2.21. The Morgan fingerprint density at radius 2 is 1.63 bits per heavy atom. The van der Waals surface area contributed by atoms with Crippen LogP contribution < -0.4 is 5.32 Å². The average molecular weight is 253 g/mol. The molecule has 1 atom stereocenters. The Morgan fingerprint density at radius 1 is 0.895 bits per heavy atom. The molecule has 19 heavy (non-hydrogen) atoms. The first-order valence-electron chi connectivity index (χ1n) is 6.83. The van der Waals surface area contributed by atoms with Gasteiger partial charge in [0, 0.05) is 22.5 Å². The molecule has 3 aromatic rings. The third-order valence-electron chi connectivity index (χ3n) is 3.77. The molecule has 1 N–H and O–H groups in total. The maximum absolute atomic E-state index is 5.83. The zero-order valence-electron chi connectivity index (χ0n) is 11.6. The molecule has 0 aliphatic heterocycles. The van der Waals surface area contributed by atoms with Gasteiger partial charge in [0.25, 0.3) is 0 Å². The molecule has 0 saturated heterocycles. The second kappa shape index (κ2) is 4.61. The van der Waals surface area contributed by atoms with Gasteiger partial charge in [0.15, 0.2) is 0 Å². The van der Waals surface area contributed by atoms with E-state index in [1.807, 2.05) is 24.3 Å². The van der Waals surface area contributed by atoms with Gasteiger partial charge in [-0.25, -0.2) is 0 Å². The van der Waals surface area contributed by atoms with E-state index < -0.39 is 0 Å². The molecule has 1 aromatic heterocycles. The summed E-state index contributed by atoms with van der Waals surface area (Å²) in [4.78, 5) is 0. The molecule has 0 saturated carbocycles. The third kappa shape index (κ3) is 2.19. The van der Waals surface area contributed by atoms with E-state index in [9.17, 15) is 0 Å². The van der Waals surface area contributed by atoms with Gasteiger partial charge < -0.3 is 9.73 Å². The smallest absolute Gasteiger partial charge is 0.135 e. The van der Waals surface area contributed by atoms with Crippen LogP contribution in [0.1, 0.15) is 20.8 Å². The first kappa shape index (κ1) is 12.1. The molecule has 98 valence electrons. The van der Waals surface area contributed by atoms with Crippen LogP contribution in [0.3, 0.4) is 0 Å². The lowest BCUT2D eigenvalue weighted by atomic mass is 10.1. The summed E-state index contributed by atoms with van der Waals surface area (Å²) in [5.74, 6) is 0.608. The van der Waals surface area contributed by atoms with E-state index in [-0.39, 0.29) is 0 Å². The van der Waals surface area contributed by atoms with Gasteiger partial charge in [0.1, 0.15) is 11.2 Å². The summed E-state index contributed by atoms with van der Waals surface area (Å²) in [6, 6.07) is 14.9. The Bertz CT molecular complexity index is 711. The number of rotatable bonds is 3. The molecule has 0 aliphatic carbocycles. The van der Waals surface area contributed by atoms with E-state index in [0.29, 0.717) is 12.0 Å². The summed E-state index contributed by atoms with van der Waals surface area (Å²) in [6.45, 7) is 6.66. The zero-order chi connectivity index (χ0) is 13.4. The lowest BCUT2D eigenvalue weighted by Gasteiger charge is -2.18. The number of hydrogen-bond donors (Lipinski definition) is 1. The number of fused-ring (bicyclic) bond motifs is 3. The fraction of sp³-hybridized carbons (Fsp3) is 0.294. The molecule has 0 fully saturated rings. The third-order valence-corrected chi connectivity index (χ3v) is 3.77. The second-order valence-corrected chi connectivity index (χ2v) is 5.49. The zero-order valence-corrected chi connectivity index (χ0v) is 11.6. The maximum atomic E-state index is 5.83. The van der Waals surface area contributed by atoms with Gasteiger partial charge >= 0.3 is 0 Å². The SMILES string of the molecule is CC(C)C(C)Nc1ccc2oc3ccccc3c2c1. The maximum Gasteiger partial charge on any atom is 0.135 e. The van der Waals surface area contributed by atoms with Crippen molar-refractivity contribution >= 4 is 27.6 Å². The van der Waals surface area contributed by atoms with E-state index >= 15 is 0 Å². The highest BCUT2D eigenvalue weighted by molar-refractivity contribution is 6.05. The van der Waals surface area contributed by atoms with Gasteiger partial charge in [0.2, 0.25) is 0 Å². The number of benzene rings is 2. The fourth-order valence-corrected chi connectivity index (χ4v) is 2.25. The van der Waals surface area contributed by atoms with E-state index in [1.165, 1.54) is 10.8 Å². The second-order valence-electron chi connectivity index (χ2n) is 5.49. The van der Waals surface area contributed by atoms with E-state index in [0.717, 1.165) is 16.9 Å². The highest BCUT2D eigenvalue weighted by Gasteiger charge is 2.09. The molecule has 0 spiro atoms. The standard InChI is InChI=1S/C17H19NO/c1-11(2)12(3)18-13-8-9-17-15(10-13)14-6-4-5-7-16(14)19-17/h4-12,18H,1-3H3. The van der Waals surface area contributed by atoms with E-state index in [1.54, 1.807) is 0 Å². The highest BCUT2D eigenvalue weighted by Crippen LogP contribution is 2.30. The summed E-state index contributed by atoms with van der Waals surface area (Å²) in [5, 5.41) is 5.90. The van der Waals surface area contributed by atoms with Crippen molar-refractivity contribution in [3.05, 3.63) is 42.5 Å². The molecule has 0 bridgehead atoms. The van der Waals surface area contributed by atoms with Crippen LogP contribution in [0.2, 0.25) is 0 Å². The van der Waals surface area contributed by atoms with Gasteiger partial charge in [-0.1, -0.05) is 32.0 Å². The van der Waals surface area contributed by atoms with Crippen molar-refractivity contribution in [2.45, 2.75) is 26.8 Å². The van der Waals surface area contributed by atoms with E-state index in [2.05, 4.69) is 44.3 Å². The topological polar surface area (TPSA) is 25.2 Å². The summed E-state index contributed by atoms with van der Waals surface area (Å²) in [7, 11) is 0. The minimum absolute atomic E-state index is 0.454. The summed E-state index contributed by atoms with van der Waals surface area (Å²) in [6.07, 6.45) is 0. The molecule has 0 amide bonds. The molecule has 3 rings (SSSR count). The molecular weight excluding hydrogens is 234 g/mol. The van der Waals surface area contributed by atoms with Gasteiger partial charge in [-0.05, 0) is 37.1 Å². The van der Waals surface area contributed by atoms with E-state index in [4.69, 9.17) is 4.42 Å². The Balaban J connectivity index is 2.06. The first-order valence-corrected chi connectivity index (χ1v) is 6.83. The van der Waals surface area contributed by atoms with Gasteiger partial charge in [-0.2, -0.15) is 0 Å². The average Bonchev–Trinajstić information content (AvgIpc) is 2.76. The molecule has 0 aliphatic rings. The first-order chi connectivity index (χ1) is 9.15. The van der Waals surface area contributed by atoms with Crippen molar-refractivity contribution in [2.24, 2.45) is 5.92 Å².